The molecule has 0 amide bonds. The fourth-order valence-corrected chi connectivity index (χ4v) is 1.95. The molecule has 1 aromatic heterocycles. The summed E-state index contributed by atoms with van der Waals surface area (Å²) in [6.07, 6.45) is 0. The van der Waals surface area contributed by atoms with E-state index in [4.69, 9.17) is 15.9 Å². The van der Waals surface area contributed by atoms with Crippen LogP contribution in [0.3, 0.4) is 0 Å². The fraction of sp³-hybridized carbons (Fsp3) is 0. The Bertz CT molecular complexity index is 480. The molecule has 0 N–H and O–H groups in total. The van der Waals surface area contributed by atoms with Crippen LogP contribution < -0.4 is 0 Å². The van der Waals surface area contributed by atoms with Gasteiger partial charge in [-0.05, 0) is 12.1 Å². The maximum absolute atomic E-state index is 10.8. The molecule has 0 aromatic carbocycles. The summed E-state index contributed by atoms with van der Waals surface area (Å²) in [4.78, 5) is 3.51. The molecule has 0 aliphatic heterocycles. The van der Waals surface area contributed by atoms with Crippen LogP contribution in [0.4, 0.5) is 0 Å². The van der Waals surface area contributed by atoms with Gasteiger partial charge in [0.2, 0.25) is 0 Å². The normalized spacial score (nSPS) is 10.8. The Labute approximate surface area is 87.7 Å². The Balaban J connectivity index is 3.44. The van der Waals surface area contributed by atoms with Gasteiger partial charge in [-0.1, -0.05) is 15.9 Å². The van der Waals surface area contributed by atoms with Gasteiger partial charge in [-0.2, -0.15) is 5.26 Å². The first kappa shape index (κ1) is 10.4. The Morgan fingerprint density at radius 2 is 2.15 bits per heavy atom. The topological polar surface area (TPSA) is 70.8 Å². The summed E-state index contributed by atoms with van der Waals surface area (Å²) in [6, 6.07) is 4.34. The van der Waals surface area contributed by atoms with Crippen molar-refractivity contribution in [1.29, 1.82) is 5.26 Å². The van der Waals surface area contributed by atoms with Gasteiger partial charge in [-0.15, -0.1) is 0 Å². The lowest BCUT2D eigenvalue weighted by Crippen LogP contribution is -1.96. The molecule has 1 aromatic rings. The third-order valence-corrected chi connectivity index (χ3v) is 2.77. The Hall–Kier alpha value is -0.640. The lowest BCUT2D eigenvalue weighted by atomic mass is 10.4. The van der Waals surface area contributed by atoms with Crippen LogP contribution in [0.2, 0.25) is 0 Å². The molecule has 1 rings (SSSR count). The number of pyridine rings is 1. The quantitative estimate of drug-likeness (QED) is 0.734. The van der Waals surface area contributed by atoms with Gasteiger partial charge < -0.3 is 0 Å². The molecular weight excluding hydrogens is 280 g/mol. The zero-order chi connectivity index (χ0) is 10.1. The molecule has 0 saturated carbocycles. The third-order valence-electron chi connectivity index (χ3n) is 1.13. The second kappa shape index (κ2) is 3.62. The second-order valence-corrected chi connectivity index (χ2v) is 5.49. The summed E-state index contributed by atoms with van der Waals surface area (Å²) in [5.74, 6) is 0. The summed E-state index contributed by atoms with van der Waals surface area (Å²) in [5.41, 5.74) is -0.00593. The number of nitriles is 1. The Morgan fingerprint density at radius 1 is 1.54 bits per heavy atom. The molecule has 0 aliphatic rings. The van der Waals surface area contributed by atoms with E-state index >= 15 is 0 Å². The van der Waals surface area contributed by atoms with Crippen molar-refractivity contribution in [3.05, 3.63) is 22.3 Å². The van der Waals surface area contributed by atoms with Crippen molar-refractivity contribution in [1.82, 2.24) is 4.98 Å². The molecule has 13 heavy (non-hydrogen) atoms. The van der Waals surface area contributed by atoms with E-state index in [2.05, 4.69) is 20.9 Å². The van der Waals surface area contributed by atoms with Gasteiger partial charge in [0, 0.05) is 15.2 Å². The highest BCUT2D eigenvalue weighted by atomic mass is 79.9. The van der Waals surface area contributed by atoms with Crippen LogP contribution >= 0.6 is 26.6 Å². The van der Waals surface area contributed by atoms with E-state index in [9.17, 15) is 8.42 Å². The number of aromatic nitrogens is 1. The molecule has 0 spiro atoms. The molecule has 7 heteroatoms. The van der Waals surface area contributed by atoms with E-state index in [0.717, 1.165) is 0 Å². The smallest absolute Gasteiger partial charge is 0.224 e. The first-order valence-electron chi connectivity index (χ1n) is 2.96. The van der Waals surface area contributed by atoms with E-state index in [1.54, 1.807) is 6.07 Å². The molecule has 0 radical (unpaired) electrons. The SMILES string of the molecule is N#Cc1cc(Br)cc(S(=O)(=O)Cl)n1. The third kappa shape index (κ3) is 2.66. The number of nitrogens with zero attached hydrogens (tertiary/aromatic N) is 2. The molecule has 0 bridgehead atoms. The minimum atomic E-state index is -3.88. The minimum absolute atomic E-state index is 0.00593. The van der Waals surface area contributed by atoms with Crippen LogP contribution in [0.1, 0.15) is 5.69 Å². The molecule has 0 unspecified atom stereocenters. The number of hydrogen-bond donors (Lipinski definition) is 0. The predicted molar refractivity (Wildman–Crippen MR) is 49.7 cm³/mol. The number of halogens is 2. The molecule has 1 heterocycles. The van der Waals surface area contributed by atoms with Gasteiger partial charge in [0.05, 0.1) is 0 Å². The van der Waals surface area contributed by atoms with E-state index in [1.165, 1.54) is 12.1 Å². The van der Waals surface area contributed by atoms with E-state index < -0.39 is 9.05 Å². The second-order valence-electron chi connectivity index (χ2n) is 2.06. The molecular formula is C6H2BrClN2O2S. The van der Waals surface area contributed by atoms with Gasteiger partial charge in [-0.3, -0.25) is 0 Å². The average molecular weight is 282 g/mol. The van der Waals surface area contributed by atoms with Crippen LogP contribution in [-0.4, -0.2) is 13.4 Å². The average Bonchev–Trinajstić information content (AvgIpc) is 2.01. The largest absolute Gasteiger partial charge is 0.278 e. The number of rotatable bonds is 1. The highest BCUT2D eigenvalue weighted by Crippen LogP contribution is 2.18. The molecule has 0 aliphatic carbocycles. The van der Waals surface area contributed by atoms with Crippen molar-refractivity contribution in [2.75, 3.05) is 0 Å². The summed E-state index contributed by atoms with van der Waals surface area (Å²) < 4.78 is 22.1. The summed E-state index contributed by atoms with van der Waals surface area (Å²) in [7, 11) is 1.16. The zero-order valence-corrected chi connectivity index (χ0v) is 9.19. The molecule has 0 saturated heterocycles. The van der Waals surface area contributed by atoms with Crippen molar-refractivity contribution in [2.24, 2.45) is 0 Å². The van der Waals surface area contributed by atoms with Crippen molar-refractivity contribution in [2.45, 2.75) is 5.03 Å². The van der Waals surface area contributed by atoms with Gasteiger partial charge in [-0.25, -0.2) is 13.4 Å². The Morgan fingerprint density at radius 3 is 2.62 bits per heavy atom. The first-order valence-corrected chi connectivity index (χ1v) is 6.06. The summed E-state index contributed by atoms with van der Waals surface area (Å²) >= 11 is 3.03. The molecule has 0 atom stereocenters. The summed E-state index contributed by atoms with van der Waals surface area (Å²) in [5, 5.41) is 8.15. The van der Waals surface area contributed by atoms with E-state index in [0.29, 0.717) is 4.47 Å². The standard InChI is InChI=1S/C6H2BrClN2O2S/c7-4-1-5(3-9)10-6(2-4)13(8,11)12/h1-2H. The lowest BCUT2D eigenvalue weighted by Gasteiger charge is -1.96. The van der Waals surface area contributed by atoms with Crippen molar-refractivity contribution < 1.29 is 8.42 Å². The summed E-state index contributed by atoms with van der Waals surface area (Å²) in [6.45, 7) is 0. The van der Waals surface area contributed by atoms with Crippen LogP contribution in [-0.2, 0) is 9.05 Å². The molecule has 68 valence electrons. The van der Waals surface area contributed by atoms with Gasteiger partial charge in [0.25, 0.3) is 9.05 Å². The van der Waals surface area contributed by atoms with Gasteiger partial charge >= 0.3 is 0 Å². The van der Waals surface area contributed by atoms with Gasteiger partial charge in [0.1, 0.15) is 11.8 Å². The minimum Gasteiger partial charge on any atom is -0.224 e. The van der Waals surface area contributed by atoms with Crippen molar-refractivity contribution in [3.63, 3.8) is 0 Å². The highest BCUT2D eigenvalue weighted by Gasteiger charge is 2.13. The maximum Gasteiger partial charge on any atom is 0.278 e. The number of hydrogen-bond acceptors (Lipinski definition) is 4. The Kier molecular flexibility index (Phi) is 2.91. The van der Waals surface area contributed by atoms with Crippen LogP contribution in [0.25, 0.3) is 0 Å². The van der Waals surface area contributed by atoms with Crippen molar-refractivity contribution in [3.8, 4) is 6.07 Å². The van der Waals surface area contributed by atoms with Crippen molar-refractivity contribution >= 4 is 35.7 Å². The van der Waals surface area contributed by atoms with Gasteiger partial charge in [0.15, 0.2) is 5.03 Å². The fourth-order valence-electron chi connectivity index (χ4n) is 0.656. The molecule has 4 nitrogen and oxygen atoms in total. The first-order chi connectivity index (χ1) is 5.93. The zero-order valence-electron chi connectivity index (χ0n) is 6.03. The van der Waals surface area contributed by atoms with Crippen LogP contribution in [0, 0.1) is 11.3 Å². The van der Waals surface area contributed by atoms with Crippen LogP contribution in [0.5, 0.6) is 0 Å². The highest BCUT2D eigenvalue weighted by molar-refractivity contribution is 9.10. The predicted octanol–water partition coefficient (Wildman–Crippen LogP) is 1.64. The van der Waals surface area contributed by atoms with E-state index in [-0.39, 0.29) is 10.7 Å². The maximum atomic E-state index is 10.8. The lowest BCUT2D eigenvalue weighted by molar-refractivity contribution is 0.606. The molecule has 0 fully saturated rings. The van der Waals surface area contributed by atoms with E-state index in [1.807, 2.05) is 0 Å². The van der Waals surface area contributed by atoms with Crippen LogP contribution in [0.15, 0.2) is 21.6 Å². The monoisotopic (exact) mass is 280 g/mol.